The molecule has 0 aliphatic carbocycles. The molecule has 0 bridgehead atoms. The van der Waals surface area contributed by atoms with E-state index in [0.29, 0.717) is 12.5 Å². The van der Waals surface area contributed by atoms with Crippen LogP contribution in [0, 0.1) is 0 Å². The lowest BCUT2D eigenvalue weighted by molar-refractivity contribution is 0.692. The molecule has 1 atom stereocenters. The molecule has 0 radical (unpaired) electrons. The van der Waals surface area contributed by atoms with Crippen molar-refractivity contribution in [3.8, 4) is 0 Å². The third kappa shape index (κ3) is 2.92. The van der Waals surface area contributed by atoms with Gasteiger partial charge in [0.25, 0.3) is 0 Å². The number of halogens is 1. The predicted molar refractivity (Wildman–Crippen MR) is 89.3 cm³/mol. The summed E-state index contributed by atoms with van der Waals surface area (Å²) in [5.74, 6) is 0.313. The van der Waals surface area contributed by atoms with Crippen LogP contribution in [0.25, 0.3) is 10.2 Å². The van der Waals surface area contributed by atoms with Gasteiger partial charge in [-0.3, -0.25) is 0 Å². The van der Waals surface area contributed by atoms with E-state index in [-0.39, 0.29) is 0 Å². The van der Waals surface area contributed by atoms with E-state index in [2.05, 4.69) is 52.3 Å². The van der Waals surface area contributed by atoms with Gasteiger partial charge >= 0.3 is 0 Å². The second kappa shape index (κ2) is 6.04. The lowest BCUT2D eigenvalue weighted by Gasteiger charge is -2.13. The quantitative estimate of drug-likeness (QED) is 0.762. The van der Waals surface area contributed by atoms with Crippen LogP contribution < -0.4 is 5.73 Å². The lowest BCUT2D eigenvalue weighted by Crippen LogP contribution is -2.14. The van der Waals surface area contributed by atoms with Crippen molar-refractivity contribution < 1.29 is 0 Å². The highest BCUT2D eigenvalue weighted by Crippen LogP contribution is 2.27. The number of thiazole rings is 1. The van der Waals surface area contributed by atoms with E-state index in [0.717, 1.165) is 21.4 Å². The first kappa shape index (κ1) is 13.7. The van der Waals surface area contributed by atoms with Crippen molar-refractivity contribution >= 4 is 37.5 Å². The number of rotatable bonds is 4. The number of benzene rings is 2. The van der Waals surface area contributed by atoms with Gasteiger partial charge in [-0.15, -0.1) is 11.3 Å². The normalized spacial score (nSPS) is 12.7. The average Bonchev–Trinajstić information content (AvgIpc) is 2.87. The monoisotopic (exact) mass is 346 g/mol. The number of fused-ring (bicyclic) bond motifs is 1. The molecule has 4 heteroatoms. The predicted octanol–water partition coefficient (Wildman–Crippen LogP) is 4.34. The van der Waals surface area contributed by atoms with Crippen molar-refractivity contribution in [1.82, 2.24) is 4.98 Å². The van der Waals surface area contributed by atoms with Crippen molar-refractivity contribution in [2.24, 2.45) is 5.73 Å². The first-order valence-electron chi connectivity index (χ1n) is 6.56. The summed E-state index contributed by atoms with van der Waals surface area (Å²) in [4.78, 5) is 4.70. The molecule has 0 spiro atoms. The zero-order valence-electron chi connectivity index (χ0n) is 10.9. The molecule has 3 aromatic rings. The van der Waals surface area contributed by atoms with Gasteiger partial charge in [0.15, 0.2) is 0 Å². The fourth-order valence-electron chi connectivity index (χ4n) is 2.32. The summed E-state index contributed by atoms with van der Waals surface area (Å²) in [5, 5.41) is 1.15. The molecule has 0 aliphatic heterocycles. The van der Waals surface area contributed by atoms with Crippen LogP contribution in [0.1, 0.15) is 16.5 Å². The summed E-state index contributed by atoms with van der Waals surface area (Å²) in [6.45, 7) is 0.631. The minimum atomic E-state index is 0.313. The molecular weight excluding hydrogens is 332 g/mol. The fraction of sp³-hybridized carbons (Fsp3) is 0.188. The molecule has 1 heterocycles. The first-order chi connectivity index (χ1) is 9.76. The Balaban J connectivity index is 1.87. The zero-order chi connectivity index (χ0) is 13.9. The van der Waals surface area contributed by atoms with Gasteiger partial charge in [-0.05, 0) is 36.4 Å². The third-order valence-corrected chi connectivity index (χ3v) is 4.92. The maximum Gasteiger partial charge on any atom is 0.0945 e. The van der Waals surface area contributed by atoms with Crippen LogP contribution in [-0.4, -0.2) is 11.5 Å². The van der Waals surface area contributed by atoms with Gasteiger partial charge in [0.05, 0.1) is 15.2 Å². The third-order valence-electron chi connectivity index (χ3n) is 3.36. The lowest BCUT2D eigenvalue weighted by atomic mass is 9.96. The first-order valence-corrected chi connectivity index (χ1v) is 8.17. The minimum absolute atomic E-state index is 0.313. The molecule has 0 fully saturated rings. The number of nitrogens with two attached hydrogens (primary N) is 1. The minimum Gasteiger partial charge on any atom is -0.330 e. The molecule has 0 aliphatic rings. The molecule has 0 amide bonds. The summed E-state index contributed by atoms with van der Waals surface area (Å²) >= 11 is 5.28. The van der Waals surface area contributed by atoms with Crippen molar-refractivity contribution in [2.75, 3.05) is 6.54 Å². The van der Waals surface area contributed by atoms with Crippen LogP contribution in [0.2, 0.25) is 0 Å². The highest BCUT2D eigenvalue weighted by Gasteiger charge is 2.14. The molecule has 0 saturated carbocycles. The van der Waals surface area contributed by atoms with Crippen molar-refractivity contribution in [1.29, 1.82) is 0 Å². The number of para-hydroxylation sites is 1. The van der Waals surface area contributed by atoms with Crippen LogP contribution in [0.5, 0.6) is 0 Å². The maximum atomic E-state index is 5.96. The largest absolute Gasteiger partial charge is 0.330 e. The average molecular weight is 347 g/mol. The van der Waals surface area contributed by atoms with Gasteiger partial charge in [-0.1, -0.05) is 40.2 Å². The van der Waals surface area contributed by atoms with E-state index in [4.69, 9.17) is 10.7 Å². The van der Waals surface area contributed by atoms with E-state index in [1.165, 1.54) is 10.3 Å². The Morgan fingerprint density at radius 3 is 2.75 bits per heavy atom. The molecule has 1 unspecified atom stereocenters. The van der Waals surface area contributed by atoms with E-state index in [1.807, 2.05) is 12.1 Å². The summed E-state index contributed by atoms with van der Waals surface area (Å²) in [5.41, 5.74) is 8.30. The molecule has 1 aromatic heterocycles. The number of hydrogen-bond donors (Lipinski definition) is 1. The van der Waals surface area contributed by atoms with Crippen molar-refractivity contribution in [3.63, 3.8) is 0 Å². The molecule has 2 nitrogen and oxygen atoms in total. The Kier molecular flexibility index (Phi) is 4.15. The molecule has 0 saturated heterocycles. The smallest absolute Gasteiger partial charge is 0.0945 e. The molecule has 2 aromatic carbocycles. The second-order valence-corrected chi connectivity index (χ2v) is 6.80. The molecular formula is C16H15BrN2S. The Morgan fingerprint density at radius 2 is 2.00 bits per heavy atom. The van der Waals surface area contributed by atoms with Crippen molar-refractivity contribution in [3.05, 3.63) is 63.6 Å². The van der Waals surface area contributed by atoms with E-state index >= 15 is 0 Å². The van der Waals surface area contributed by atoms with Crippen LogP contribution in [0.3, 0.4) is 0 Å². The molecule has 3 rings (SSSR count). The highest BCUT2D eigenvalue weighted by molar-refractivity contribution is 9.10. The fourth-order valence-corrected chi connectivity index (χ4v) is 3.78. The zero-order valence-corrected chi connectivity index (χ0v) is 13.3. The Labute approximate surface area is 130 Å². The summed E-state index contributed by atoms with van der Waals surface area (Å²) in [6, 6.07) is 16.6. The molecule has 102 valence electrons. The van der Waals surface area contributed by atoms with Gasteiger partial charge in [0.2, 0.25) is 0 Å². The Morgan fingerprint density at radius 1 is 1.15 bits per heavy atom. The van der Waals surface area contributed by atoms with Crippen LogP contribution in [0.4, 0.5) is 0 Å². The molecule has 20 heavy (non-hydrogen) atoms. The highest BCUT2D eigenvalue weighted by atomic mass is 79.9. The van der Waals surface area contributed by atoms with E-state index in [9.17, 15) is 0 Å². The summed E-state index contributed by atoms with van der Waals surface area (Å²) in [7, 11) is 0. The van der Waals surface area contributed by atoms with Crippen LogP contribution in [-0.2, 0) is 6.42 Å². The summed E-state index contributed by atoms with van der Waals surface area (Å²) in [6.07, 6.45) is 0.895. The Hall–Kier alpha value is -1.23. The molecule has 2 N–H and O–H groups in total. The van der Waals surface area contributed by atoms with Gasteiger partial charge in [-0.2, -0.15) is 0 Å². The standard InChI is InChI=1S/C16H15BrN2S/c17-13-5-3-4-11(8-13)12(10-18)9-16-19-14-6-1-2-7-15(14)20-16/h1-8,12H,9-10,18H2. The Bertz CT molecular complexity index is 690. The summed E-state index contributed by atoms with van der Waals surface area (Å²) < 4.78 is 2.34. The second-order valence-electron chi connectivity index (χ2n) is 4.77. The number of aromatic nitrogens is 1. The maximum absolute atomic E-state index is 5.96. The SMILES string of the molecule is NCC(Cc1nc2ccccc2s1)c1cccc(Br)c1. The van der Waals surface area contributed by atoms with Gasteiger partial charge in [-0.25, -0.2) is 4.98 Å². The van der Waals surface area contributed by atoms with Crippen LogP contribution >= 0.6 is 27.3 Å². The van der Waals surface area contributed by atoms with E-state index in [1.54, 1.807) is 11.3 Å². The van der Waals surface area contributed by atoms with Gasteiger partial charge in [0, 0.05) is 16.8 Å². The van der Waals surface area contributed by atoms with Gasteiger partial charge < -0.3 is 5.73 Å². The van der Waals surface area contributed by atoms with Crippen LogP contribution in [0.15, 0.2) is 53.0 Å². The van der Waals surface area contributed by atoms with Gasteiger partial charge in [0.1, 0.15) is 0 Å². The number of nitrogens with zero attached hydrogens (tertiary/aromatic N) is 1. The number of hydrogen-bond acceptors (Lipinski definition) is 3. The topological polar surface area (TPSA) is 38.9 Å². The van der Waals surface area contributed by atoms with E-state index < -0.39 is 0 Å². The van der Waals surface area contributed by atoms with Crippen molar-refractivity contribution in [2.45, 2.75) is 12.3 Å².